The van der Waals surface area contributed by atoms with Gasteiger partial charge < -0.3 is 9.84 Å². The molecule has 0 aliphatic heterocycles. The lowest BCUT2D eigenvalue weighted by atomic mass is 10.1. The fraction of sp³-hybridized carbons (Fsp3) is 0.370. The van der Waals surface area contributed by atoms with Gasteiger partial charge in [-0.3, -0.25) is 4.31 Å². The topological polar surface area (TPSA) is 75.4 Å². The Morgan fingerprint density at radius 2 is 1.82 bits per heavy atom. The quantitative estimate of drug-likeness (QED) is 0.384. The third-order valence-electron chi connectivity index (χ3n) is 5.84. The molecule has 34 heavy (non-hydrogen) atoms. The van der Waals surface area contributed by atoms with Crippen LogP contribution in [0, 0.1) is 19.8 Å². The van der Waals surface area contributed by atoms with Gasteiger partial charge in [-0.2, -0.15) is 0 Å². The van der Waals surface area contributed by atoms with Gasteiger partial charge in [0.1, 0.15) is 5.76 Å². The van der Waals surface area contributed by atoms with Crippen LogP contribution in [0.4, 0.5) is 11.4 Å². The first-order valence-electron chi connectivity index (χ1n) is 11.7. The molecule has 0 radical (unpaired) electrons. The number of nitrogens with one attached hydrogen (secondary N) is 1. The van der Waals surface area contributed by atoms with E-state index >= 15 is 0 Å². The van der Waals surface area contributed by atoms with Crippen LogP contribution in [0.1, 0.15) is 48.9 Å². The van der Waals surface area contributed by atoms with Crippen molar-refractivity contribution in [1.82, 2.24) is 5.16 Å². The summed E-state index contributed by atoms with van der Waals surface area (Å²) in [5, 5.41) is 7.15. The van der Waals surface area contributed by atoms with Crippen LogP contribution in [-0.2, 0) is 22.9 Å². The molecule has 0 saturated carbocycles. The molecule has 0 bridgehead atoms. The number of allylic oxidation sites excluding steroid dienone is 1. The lowest BCUT2D eigenvalue weighted by molar-refractivity contribution is 0.392. The lowest BCUT2D eigenvalue weighted by Gasteiger charge is -2.27. The van der Waals surface area contributed by atoms with Crippen LogP contribution in [0.25, 0.3) is 6.08 Å². The van der Waals surface area contributed by atoms with Crippen molar-refractivity contribution in [1.29, 1.82) is 0 Å². The lowest BCUT2D eigenvalue weighted by Crippen LogP contribution is -2.34. The van der Waals surface area contributed by atoms with Gasteiger partial charge in [0, 0.05) is 24.8 Å². The third kappa shape index (κ3) is 5.70. The summed E-state index contributed by atoms with van der Waals surface area (Å²) in [4.78, 5) is 0.267. The summed E-state index contributed by atoms with van der Waals surface area (Å²) in [6.45, 7) is 10.3. The number of hydrogen-bond donors (Lipinski definition) is 1. The Morgan fingerprint density at radius 1 is 1.12 bits per heavy atom. The molecule has 6 nitrogen and oxygen atoms in total. The standard InChI is InChI=1S/C27H35N3O3S/c1-7-22-11-13-24(14-12-22)30(18-19(2)3)34(31,32)25-15-16-27(28-6)23(17-25)9-8-10-26-20(4)29-33-21(26)5/h8-9,11-17,19,28H,7,10,18H2,1-6H3/b9-8-. The first-order chi connectivity index (χ1) is 16.2. The van der Waals surface area contributed by atoms with Crippen molar-refractivity contribution in [2.24, 2.45) is 5.92 Å². The van der Waals surface area contributed by atoms with Gasteiger partial charge in [-0.05, 0) is 74.1 Å². The van der Waals surface area contributed by atoms with Gasteiger partial charge in [-0.25, -0.2) is 8.42 Å². The monoisotopic (exact) mass is 481 g/mol. The summed E-state index contributed by atoms with van der Waals surface area (Å²) in [6.07, 6.45) is 5.52. The highest BCUT2D eigenvalue weighted by atomic mass is 32.2. The fourth-order valence-electron chi connectivity index (χ4n) is 3.86. The molecule has 0 fully saturated rings. The van der Waals surface area contributed by atoms with Gasteiger partial charge in [-0.15, -0.1) is 0 Å². The van der Waals surface area contributed by atoms with E-state index < -0.39 is 10.0 Å². The van der Waals surface area contributed by atoms with E-state index in [2.05, 4.69) is 17.4 Å². The smallest absolute Gasteiger partial charge is 0.264 e. The van der Waals surface area contributed by atoms with E-state index in [1.807, 2.05) is 77.2 Å². The highest BCUT2D eigenvalue weighted by Gasteiger charge is 2.26. The van der Waals surface area contributed by atoms with Gasteiger partial charge in [0.05, 0.1) is 16.3 Å². The maximum absolute atomic E-state index is 13.8. The molecule has 0 amide bonds. The van der Waals surface area contributed by atoms with Crippen LogP contribution in [0.5, 0.6) is 0 Å². The van der Waals surface area contributed by atoms with E-state index in [1.165, 1.54) is 9.87 Å². The number of hydrogen-bond acceptors (Lipinski definition) is 5. The van der Waals surface area contributed by atoms with Crippen LogP contribution in [0.2, 0.25) is 0 Å². The number of benzene rings is 2. The van der Waals surface area contributed by atoms with Gasteiger partial charge >= 0.3 is 0 Å². The molecule has 2 aromatic carbocycles. The van der Waals surface area contributed by atoms with E-state index in [4.69, 9.17) is 4.52 Å². The van der Waals surface area contributed by atoms with Gasteiger partial charge in [0.15, 0.2) is 0 Å². The van der Waals surface area contributed by atoms with Crippen molar-refractivity contribution in [2.75, 3.05) is 23.2 Å². The third-order valence-corrected chi connectivity index (χ3v) is 7.63. The van der Waals surface area contributed by atoms with Crippen LogP contribution in [-0.4, -0.2) is 27.2 Å². The first kappa shape index (κ1) is 25.6. The summed E-state index contributed by atoms with van der Waals surface area (Å²) >= 11 is 0. The number of anilines is 2. The molecule has 1 heterocycles. The first-order valence-corrected chi connectivity index (χ1v) is 13.1. The van der Waals surface area contributed by atoms with Crippen LogP contribution < -0.4 is 9.62 Å². The van der Waals surface area contributed by atoms with E-state index in [0.717, 1.165) is 34.7 Å². The summed E-state index contributed by atoms with van der Waals surface area (Å²) in [5.41, 5.74) is 5.43. The Hall–Kier alpha value is -3.06. The normalized spacial score (nSPS) is 12.0. The second kappa shape index (κ2) is 10.9. The second-order valence-electron chi connectivity index (χ2n) is 8.86. The van der Waals surface area contributed by atoms with Gasteiger partial charge in [-0.1, -0.05) is 50.2 Å². The van der Waals surface area contributed by atoms with Crippen molar-refractivity contribution >= 4 is 27.5 Å². The van der Waals surface area contributed by atoms with E-state index in [1.54, 1.807) is 12.1 Å². The summed E-state index contributed by atoms with van der Waals surface area (Å²) in [7, 11) is -1.92. The molecule has 0 saturated heterocycles. The zero-order valence-corrected chi connectivity index (χ0v) is 21.7. The predicted octanol–water partition coefficient (Wildman–Crippen LogP) is 6.00. The van der Waals surface area contributed by atoms with E-state index in [-0.39, 0.29) is 10.8 Å². The van der Waals surface area contributed by atoms with Crippen molar-refractivity contribution in [3.05, 3.63) is 76.7 Å². The predicted molar refractivity (Wildman–Crippen MR) is 140 cm³/mol. The fourth-order valence-corrected chi connectivity index (χ4v) is 5.53. The number of rotatable bonds is 10. The molecular weight excluding hydrogens is 446 g/mol. The SMILES string of the molecule is CCc1ccc(N(CC(C)C)S(=O)(=O)c2ccc(NC)c(/C=C\Cc3c(C)noc3C)c2)cc1. The van der Waals surface area contributed by atoms with Gasteiger partial charge in [0.2, 0.25) is 0 Å². The molecule has 1 aromatic heterocycles. The molecule has 0 spiro atoms. The molecule has 7 heteroatoms. The summed E-state index contributed by atoms with van der Waals surface area (Å²) in [6, 6.07) is 13.0. The molecule has 1 N–H and O–H groups in total. The number of aryl methyl sites for hydroxylation is 3. The number of sulfonamides is 1. The number of aromatic nitrogens is 1. The minimum atomic E-state index is -3.75. The Morgan fingerprint density at radius 3 is 2.38 bits per heavy atom. The zero-order valence-electron chi connectivity index (χ0n) is 20.9. The Balaban J connectivity index is 1.97. The molecule has 0 aliphatic rings. The Kier molecular flexibility index (Phi) is 8.20. The molecule has 3 aromatic rings. The molecule has 0 unspecified atom stereocenters. The minimum Gasteiger partial charge on any atom is -0.388 e. The maximum Gasteiger partial charge on any atom is 0.264 e. The largest absolute Gasteiger partial charge is 0.388 e. The van der Waals surface area contributed by atoms with Crippen molar-refractivity contribution in [3.63, 3.8) is 0 Å². The molecule has 3 rings (SSSR count). The van der Waals surface area contributed by atoms with E-state index in [0.29, 0.717) is 18.7 Å². The van der Waals surface area contributed by atoms with Crippen molar-refractivity contribution in [2.45, 2.75) is 52.4 Å². The Bertz CT molecular complexity index is 1220. The highest BCUT2D eigenvalue weighted by molar-refractivity contribution is 7.92. The summed E-state index contributed by atoms with van der Waals surface area (Å²) < 4.78 is 34.3. The highest BCUT2D eigenvalue weighted by Crippen LogP contribution is 2.29. The van der Waals surface area contributed by atoms with Crippen LogP contribution in [0.3, 0.4) is 0 Å². The average molecular weight is 482 g/mol. The van der Waals surface area contributed by atoms with Crippen LogP contribution >= 0.6 is 0 Å². The molecule has 182 valence electrons. The molecular formula is C27H35N3O3S. The average Bonchev–Trinajstić information content (AvgIpc) is 3.14. The molecule has 0 atom stereocenters. The van der Waals surface area contributed by atoms with Crippen molar-refractivity contribution < 1.29 is 12.9 Å². The second-order valence-corrected chi connectivity index (χ2v) is 10.7. The van der Waals surface area contributed by atoms with E-state index in [9.17, 15) is 8.42 Å². The Labute approximate surface area is 203 Å². The van der Waals surface area contributed by atoms with Gasteiger partial charge in [0.25, 0.3) is 10.0 Å². The maximum atomic E-state index is 13.8. The van der Waals surface area contributed by atoms with Crippen LogP contribution in [0.15, 0.2) is 58.0 Å². The van der Waals surface area contributed by atoms with Crippen molar-refractivity contribution in [3.8, 4) is 0 Å². The zero-order chi connectivity index (χ0) is 24.9. The number of nitrogens with zero attached hydrogens (tertiary/aromatic N) is 2. The summed E-state index contributed by atoms with van der Waals surface area (Å²) in [5.74, 6) is 0.970. The minimum absolute atomic E-state index is 0.173. The molecule has 0 aliphatic carbocycles.